The van der Waals surface area contributed by atoms with Crippen molar-refractivity contribution in [1.29, 1.82) is 0 Å². The summed E-state index contributed by atoms with van der Waals surface area (Å²) in [4.78, 5) is 0. The van der Waals surface area contributed by atoms with E-state index in [1.54, 1.807) is 23.1 Å². The Morgan fingerprint density at radius 2 is 2.31 bits per heavy atom. The van der Waals surface area contributed by atoms with Crippen LogP contribution in [0.15, 0.2) is 4.34 Å². The Bertz CT molecular complexity index is 283. The Balaban J connectivity index is 2.14. The van der Waals surface area contributed by atoms with Crippen LogP contribution in [-0.4, -0.2) is 47.4 Å². The Morgan fingerprint density at radius 3 is 3.06 bits per heavy atom. The zero-order valence-electron chi connectivity index (χ0n) is 9.31. The Hall–Kier alpha value is -0.370. The first-order chi connectivity index (χ1) is 7.86. The molecule has 5 nitrogen and oxygen atoms in total. The molecule has 0 unspecified atom stereocenters. The third-order valence-electron chi connectivity index (χ3n) is 1.62. The van der Waals surface area contributed by atoms with Crippen molar-refractivity contribution in [2.75, 3.05) is 37.4 Å². The molecule has 0 bridgehead atoms. The number of rotatable bonds is 9. The van der Waals surface area contributed by atoms with E-state index in [4.69, 9.17) is 9.84 Å². The molecule has 0 fully saturated rings. The van der Waals surface area contributed by atoms with Crippen LogP contribution >= 0.6 is 23.1 Å². The van der Waals surface area contributed by atoms with Gasteiger partial charge in [-0.05, 0) is 6.42 Å². The highest BCUT2D eigenvalue weighted by Crippen LogP contribution is 2.24. The van der Waals surface area contributed by atoms with E-state index in [0.717, 1.165) is 28.2 Å². The molecule has 2 N–H and O–H groups in total. The lowest BCUT2D eigenvalue weighted by Gasteiger charge is -1.99. The highest BCUT2D eigenvalue weighted by molar-refractivity contribution is 8.01. The molecular formula is C9H17N3O2S2. The van der Waals surface area contributed by atoms with Crippen LogP contribution in [-0.2, 0) is 4.74 Å². The monoisotopic (exact) mass is 263 g/mol. The zero-order chi connectivity index (χ0) is 11.6. The molecule has 0 aliphatic heterocycles. The molecule has 1 aromatic rings. The summed E-state index contributed by atoms with van der Waals surface area (Å²) in [7, 11) is 0. The molecular weight excluding hydrogens is 246 g/mol. The van der Waals surface area contributed by atoms with Gasteiger partial charge in [-0.2, -0.15) is 0 Å². The van der Waals surface area contributed by atoms with Gasteiger partial charge in [-0.1, -0.05) is 30.0 Å². The minimum atomic E-state index is 0.0779. The van der Waals surface area contributed by atoms with E-state index in [9.17, 15) is 0 Å². The van der Waals surface area contributed by atoms with E-state index in [0.29, 0.717) is 13.2 Å². The van der Waals surface area contributed by atoms with Gasteiger partial charge in [-0.15, -0.1) is 10.2 Å². The lowest BCUT2D eigenvalue weighted by molar-refractivity contribution is 0.103. The molecule has 0 amide bonds. The molecule has 1 rings (SSSR count). The van der Waals surface area contributed by atoms with Crippen LogP contribution in [0, 0.1) is 0 Å². The SMILES string of the molecule is CCCNc1nnc(SCCOCCO)s1. The van der Waals surface area contributed by atoms with E-state index < -0.39 is 0 Å². The lowest BCUT2D eigenvalue weighted by atomic mass is 10.5. The second kappa shape index (κ2) is 8.74. The lowest BCUT2D eigenvalue weighted by Crippen LogP contribution is -2.02. The number of nitrogens with one attached hydrogen (secondary N) is 1. The molecule has 16 heavy (non-hydrogen) atoms. The first kappa shape index (κ1) is 13.7. The first-order valence-corrected chi connectivity index (χ1v) is 7.05. The number of thioether (sulfide) groups is 1. The van der Waals surface area contributed by atoms with Gasteiger partial charge >= 0.3 is 0 Å². The third-order valence-corrected chi connectivity index (χ3v) is 3.60. The molecule has 0 aliphatic rings. The number of ether oxygens (including phenoxy) is 1. The van der Waals surface area contributed by atoms with Gasteiger partial charge in [-0.3, -0.25) is 0 Å². The van der Waals surface area contributed by atoms with E-state index in [-0.39, 0.29) is 6.61 Å². The highest BCUT2D eigenvalue weighted by atomic mass is 32.2. The first-order valence-electron chi connectivity index (χ1n) is 5.25. The van der Waals surface area contributed by atoms with Gasteiger partial charge < -0.3 is 15.2 Å². The summed E-state index contributed by atoms with van der Waals surface area (Å²) in [5.41, 5.74) is 0. The van der Waals surface area contributed by atoms with Crippen LogP contribution in [0.2, 0.25) is 0 Å². The number of aromatic nitrogens is 2. The number of nitrogens with zero attached hydrogens (tertiary/aromatic N) is 2. The Labute approximate surface area is 104 Å². The molecule has 1 aromatic heterocycles. The molecule has 1 heterocycles. The van der Waals surface area contributed by atoms with Crippen molar-refractivity contribution in [3.05, 3.63) is 0 Å². The van der Waals surface area contributed by atoms with Gasteiger partial charge in [0, 0.05) is 12.3 Å². The molecule has 0 aromatic carbocycles. The number of hydrogen-bond acceptors (Lipinski definition) is 7. The second-order valence-electron chi connectivity index (χ2n) is 2.98. The van der Waals surface area contributed by atoms with Crippen LogP contribution in [0.25, 0.3) is 0 Å². The molecule has 0 saturated heterocycles. The van der Waals surface area contributed by atoms with Crippen molar-refractivity contribution < 1.29 is 9.84 Å². The highest BCUT2D eigenvalue weighted by Gasteiger charge is 2.03. The third kappa shape index (κ3) is 5.64. The molecule has 0 saturated carbocycles. The second-order valence-corrected chi connectivity index (χ2v) is 5.30. The topological polar surface area (TPSA) is 67.3 Å². The van der Waals surface area contributed by atoms with Gasteiger partial charge in [0.15, 0.2) is 4.34 Å². The fourth-order valence-electron chi connectivity index (χ4n) is 0.926. The molecule has 0 atom stereocenters. The minimum Gasteiger partial charge on any atom is -0.394 e. The maximum atomic E-state index is 8.51. The maximum Gasteiger partial charge on any atom is 0.206 e. The van der Waals surface area contributed by atoms with Crippen LogP contribution in [0.4, 0.5) is 5.13 Å². The largest absolute Gasteiger partial charge is 0.394 e. The van der Waals surface area contributed by atoms with Crippen molar-refractivity contribution in [1.82, 2.24) is 10.2 Å². The summed E-state index contributed by atoms with van der Waals surface area (Å²) in [6.07, 6.45) is 1.08. The van der Waals surface area contributed by atoms with Crippen molar-refractivity contribution in [2.24, 2.45) is 0 Å². The summed E-state index contributed by atoms with van der Waals surface area (Å²) in [6, 6.07) is 0. The van der Waals surface area contributed by atoms with Gasteiger partial charge in [0.05, 0.1) is 19.8 Å². The average Bonchev–Trinajstić information content (AvgIpc) is 2.74. The van der Waals surface area contributed by atoms with Gasteiger partial charge in [0.1, 0.15) is 0 Å². The number of aliphatic hydroxyl groups is 1. The van der Waals surface area contributed by atoms with E-state index in [1.165, 1.54) is 0 Å². The van der Waals surface area contributed by atoms with Crippen molar-refractivity contribution in [2.45, 2.75) is 17.7 Å². The number of aliphatic hydroxyl groups excluding tert-OH is 1. The van der Waals surface area contributed by atoms with Crippen LogP contribution in [0.5, 0.6) is 0 Å². The van der Waals surface area contributed by atoms with Crippen LogP contribution in [0.3, 0.4) is 0 Å². The average molecular weight is 263 g/mol. The van der Waals surface area contributed by atoms with E-state index in [2.05, 4.69) is 22.4 Å². The summed E-state index contributed by atoms with van der Waals surface area (Å²) >= 11 is 3.18. The van der Waals surface area contributed by atoms with E-state index in [1.807, 2.05) is 0 Å². The normalized spacial score (nSPS) is 10.6. The Kier molecular flexibility index (Phi) is 7.48. The summed E-state index contributed by atoms with van der Waals surface area (Å²) < 4.78 is 6.10. The fraction of sp³-hybridized carbons (Fsp3) is 0.778. The van der Waals surface area contributed by atoms with Crippen LogP contribution < -0.4 is 5.32 Å². The fourth-order valence-corrected chi connectivity index (χ4v) is 2.63. The van der Waals surface area contributed by atoms with Gasteiger partial charge in [-0.25, -0.2) is 0 Å². The number of hydrogen-bond donors (Lipinski definition) is 2. The summed E-state index contributed by atoms with van der Waals surface area (Å²) in [5, 5.41) is 20.7. The Morgan fingerprint density at radius 1 is 1.44 bits per heavy atom. The molecule has 7 heteroatoms. The number of anilines is 1. The van der Waals surface area contributed by atoms with Crippen LogP contribution in [0.1, 0.15) is 13.3 Å². The summed E-state index contributed by atoms with van der Waals surface area (Å²) in [6.45, 7) is 4.15. The van der Waals surface area contributed by atoms with Crippen molar-refractivity contribution in [3.8, 4) is 0 Å². The summed E-state index contributed by atoms with van der Waals surface area (Å²) in [5.74, 6) is 0.836. The molecule has 92 valence electrons. The van der Waals surface area contributed by atoms with E-state index >= 15 is 0 Å². The molecule has 0 spiro atoms. The quantitative estimate of drug-likeness (QED) is 0.519. The predicted molar refractivity (Wildman–Crippen MR) is 67.3 cm³/mol. The van der Waals surface area contributed by atoms with Gasteiger partial charge in [0.2, 0.25) is 5.13 Å². The molecule has 0 radical (unpaired) electrons. The van der Waals surface area contributed by atoms with Crippen molar-refractivity contribution >= 4 is 28.2 Å². The molecule has 0 aliphatic carbocycles. The predicted octanol–water partition coefficient (Wildman–Crippen LogP) is 1.46. The maximum absolute atomic E-state index is 8.51. The minimum absolute atomic E-state index is 0.0779. The zero-order valence-corrected chi connectivity index (χ0v) is 10.9. The van der Waals surface area contributed by atoms with Crippen molar-refractivity contribution in [3.63, 3.8) is 0 Å². The smallest absolute Gasteiger partial charge is 0.206 e. The standard InChI is InChI=1S/C9H17N3O2S2/c1-2-3-10-8-11-12-9(16-8)15-7-6-14-5-4-13/h13H,2-7H2,1H3,(H,10,11). The van der Waals surface area contributed by atoms with Gasteiger partial charge in [0.25, 0.3) is 0 Å².